The van der Waals surface area contributed by atoms with E-state index in [0.717, 1.165) is 51.4 Å². The van der Waals surface area contributed by atoms with Gasteiger partial charge in [-0.3, -0.25) is 32.3 Å². The molecule has 354 valence electrons. The third kappa shape index (κ3) is 41.2. The van der Waals surface area contributed by atoms with Gasteiger partial charge in [-0.15, -0.1) is 0 Å². The number of ether oxygens (including phenoxy) is 4. The summed E-state index contributed by atoms with van der Waals surface area (Å²) in [5, 5.41) is 28.8. The van der Waals surface area contributed by atoms with Crippen LogP contribution in [-0.2, 0) is 52.5 Å². The Hall–Kier alpha value is -2.55. The van der Waals surface area contributed by atoms with E-state index in [9.17, 15) is 38.7 Å². The lowest BCUT2D eigenvalue weighted by Crippen LogP contribution is -2.41. The van der Waals surface area contributed by atoms with E-state index in [4.69, 9.17) is 24.1 Å². The zero-order valence-corrected chi connectivity index (χ0v) is 39.4. The van der Waals surface area contributed by atoms with Crippen molar-refractivity contribution < 1.29 is 62.7 Å². The quantitative estimate of drug-likeness (QED) is 0.0197. The first-order valence-corrected chi connectivity index (χ1v) is 23.6. The maximum Gasteiger partial charge on any atom is 0.326 e. The average molecular weight is 1000 g/mol. The third-order valence-electron chi connectivity index (χ3n) is 9.40. The summed E-state index contributed by atoms with van der Waals surface area (Å²) < 4.78 is 24.3. The van der Waals surface area contributed by atoms with Crippen molar-refractivity contribution in [2.75, 3.05) is 72.5 Å². The molecule has 0 heterocycles. The Bertz CT molecular complexity index is 1210. The Morgan fingerprint density at radius 1 is 0.459 bits per heavy atom. The van der Waals surface area contributed by atoms with Gasteiger partial charge in [0.05, 0.1) is 45.7 Å². The molecule has 0 spiro atoms. The number of amides is 4. The Labute approximate surface area is 378 Å². The second kappa shape index (κ2) is 42.7. The summed E-state index contributed by atoms with van der Waals surface area (Å²) in [6.07, 6.45) is 17.7. The molecule has 0 rings (SSSR count). The zero-order chi connectivity index (χ0) is 45.2. The molecule has 0 saturated carbocycles. The molecule has 18 nitrogen and oxygen atoms in total. The minimum Gasteiger partial charge on any atom is -0.481 e. The number of carboxylic acids is 2. The van der Waals surface area contributed by atoms with Crippen LogP contribution in [0.2, 0.25) is 0 Å². The number of hydrogen-bond acceptors (Lipinski definition) is 12. The van der Waals surface area contributed by atoms with E-state index in [0.29, 0.717) is 19.4 Å². The molecular weight excluding hydrogens is 928 g/mol. The number of halogens is 1. The van der Waals surface area contributed by atoms with E-state index < -0.39 is 18.0 Å². The molecule has 0 aromatic rings. The van der Waals surface area contributed by atoms with Gasteiger partial charge in [0.2, 0.25) is 23.6 Å². The monoisotopic (exact) mass is 1000 g/mol. The van der Waals surface area contributed by atoms with Crippen LogP contribution in [0.3, 0.4) is 0 Å². The molecule has 7 N–H and O–H groups in total. The van der Waals surface area contributed by atoms with Gasteiger partial charge in [-0.2, -0.15) is 0 Å². The molecule has 0 aromatic heterocycles. The smallest absolute Gasteiger partial charge is 0.326 e. The van der Waals surface area contributed by atoms with Crippen LogP contribution >= 0.6 is 32.1 Å². The highest BCUT2D eigenvalue weighted by atomic mass is 127. The van der Waals surface area contributed by atoms with Gasteiger partial charge in [0.15, 0.2) is 5.52 Å². The van der Waals surface area contributed by atoms with Gasteiger partial charge in [-0.1, -0.05) is 86.3 Å². The summed E-state index contributed by atoms with van der Waals surface area (Å²) in [7, 11) is 2.17. The number of unbranched alkanes of at least 4 members (excludes halogenated alkanes) is 14. The van der Waals surface area contributed by atoms with Crippen molar-refractivity contribution >= 4 is 73.2 Å². The highest BCUT2D eigenvalue weighted by molar-refractivity contribution is 14.1. The van der Waals surface area contributed by atoms with Crippen molar-refractivity contribution in [1.82, 2.24) is 24.8 Å². The second-order valence-corrected chi connectivity index (χ2v) is 16.0. The minimum absolute atomic E-state index is 0.0105. The summed E-state index contributed by atoms with van der Waals surface area (Å²) in [4.78, 5) is 81.8. The molecule has 3 atom stereocenters. The summed E-state index contributed by atoms with van der Waals surface area (Å²) in [6.45, 7) is 2.08. The van der Waals surface area contributed by atoms with Crippen LogP contribution < -0.4 is 24.8 Å². The van der Waals surface area contributed by atoms with Crippen molar-refractivity contribution in [3.8, 4) is 0 Å². The number of aliphatic carboxylic acids is 2. The largest absolute Gasteiger partial charge is 0.481 e. The fraction of sp³-hybridized carbons (Fsp3) is 0.829. The van der Waals surface area contributed by atoms with Gasteiger partial charge in [-0.25, -0.2) is 4.79 Å². The maximum atomic E-state index is 12.3. The zero-order valence-electron chi connectivity index (χ0n) is 36.1. The molecule has 0 saturated heterocycles. The van der Waals surface area contributed by atoms with Crippen molar-refractivity contribution in [3.63, 3.8) is 0 Å². The van der Waals surface area contributed by atoms with E-state index in [2.05, 4.69) is 34.0 Å². The van der Waals surface area contributed by atoms with Crippen LogP contribution in [0.25, 0.3) is 0 Å². The summed E-state index contributed by atoms with van der Waals surface area (Å²) >= 11 is 1.96. The second-order valence-electron chi connectivity index (χ2n) is 14.8. The normalized spacial score (nSPS) is 12.0. The molecule has 0 bridgehead atoms. The van der Waals surface area contributed by atoms with E-state index in [1.807, 2.05) is 22.9 Å². The van der Waals surface area contributed by atoms with Gasteiger partial charge >= 0.3 is 11.9 Å². The van der Waals surface area contributed by atoms with Crippen molar-refractivity contribution in [2.24, 2.45) is 0 Å². The minimum atomic E-state index is -1.18. The van der Waals surface area contributed by atoms with Crippen molar-refractivity contribution in [1.29, 1.82) is 0 Å². The van der Waals surface area contributed by atoms with E-state index in [1.54, 1.807) is 0 Å². The van der Waals surface area contributed by atoms with Crippen LogP contribution in [0.5, 0.6) is 0 Å². The highest BCUT2D eigenvalue weighted by Gasteiger charge is 2.21. The van der Waals surface area contributed by atoms with Gasteiger partial charge in [0.1, 0.15) is 19.3 Å². The fourth-order valence-electron chi connectivity index (χ4n) is 5.92. The SMILES string of the molecule is O=C(O)CCCCCCCCCCCCCCCCC(=O)NC(CCC(=O)NCCOCCOCC(=O)NCCOCCOCC(=O)NCCCC[C@@H](NI)C(=O)P)C(=O)O. The number of rotatable bonds is 45. The van der Waals surface area contributed by atoms with E-state index >= 15 is 0 Å². The number of nitrogens with one attached hydrogen (secondary N) is 5. The van der Waals surface area contributed by atoms with Crippen LogP contribution in [0.4, 0.5) is 0 Å². The first-order chi connectivity index (χ1) is 29.5. The lowest BCUT2D eigenvalue weighted by Gasteiger charge is -2.14. The topological polar surface area (TPSA) is 257 Å². The van der Waals surface area contributed by atoms with Gasteiger partial charge < -0.3 is 50.4 Å². The summed E-state index contributed by atoms with van der Waals surface area (Å²) in [5.74, 6) is -3.12. The van der Waals surface area contributed by atoms with Crippen LogP contribution in [-0.4, -0.2) is 136 Å². The van der Waals surface area contributed by atoms with Gasteiger partial charge in [0.25, 0.3) is 0 Å². The molecule has 0 aliphatic heterocycles. The number of carbonyl (C=O) groups excluding carboxylic acids is 5. The molecule has 0 radical (unpaired) electrons. The lowest BCUT2D eigenvalue weighted by molar-refractivity contribution is -0.142. The molecule has 2 unspecified atom stereocenters. The van der Waals surface area contributed by atoms with E-state index in [1.165, 1.54) is 44.9 Å². The number of carboxylic acid groups (broad SMARTS) is 2. The summed E-state index contributed by atoms with van der Waals surface area (Å²) in [6, 6.07) is -1.34. The van der Waals surface area contributed by atoms with Crippen LogP contribution in [0.1, 0.15) is 135 Å². The molecular formula is C41H75IN5O13P. The standard InChI is InChI=1S/C41H75IN5O13P/c42-47-34(41(56)61)17-15-16-22-43-37(50)31-59-29-28-58-26-24-45-38(51)32-60-30-27-57-25-23-44-35(48)21-20-33(40(54)55)46-36(49)18-13-11-9-7-5-3-1-2-4-6-8-10-12-14-19-39(52)53/h33-34,47H,1-32,61H2,(H,43,50)(H,44,48)(H,45,51)(H,46,49)(H,52,53)(H,54,55)/t33?,34-/m1/s1. The highest BCUT2D eigenvalue weighted by Crippen LogP contribution is 2.14. The van der Waals surface area contributed by atoms with Crippen molar-refractivity contribution in [3.05, 3.63) is 0 Å². The fourth-order valence-corrected chi connectivity index (χ4v) is 7.13. The molecule has 20 heteroatoms. The molecule has 0 aliphatic carbocycles. The number of carbonyl (C=O) groups is 7. The predicted octanol–water partition coefficient (Wildman–Crippen LogP) is 3.96. The molecule has 0 aliphatic rings. The first kappa shape index (κ1) is 58.5. The number of hydrogen-bond donors (Lipinski definition) is 7. The molecule has 4 amide bonds. The maximum absolute atomic E-state index is 12.3. The Morgan fingerprint density at radius 3 is 1.36 bits per heavy atom. The van der Waals surface area contributed by atoms with Crippen LogP contribution in [0, 0.1) is 0 Å². The molecule has 0 fully saturated rings. The first-order valence-electron chi connectivity index (χ1n) is 22.0. The Kier molecular flexibility index (Phi) is 40.9. The third-order valence-corrected chi connectivity index (χ3v) is 10.6. The average Bonchev–Trinajstić information content (AvgIpc) is 3.22. The van der Waals surface area contributed by atoms with Gasteiger partial charge in [-0.05, 0) is 38.5 Å². The summed E-state index contributed by atoms with van der Waals surface area (Å²) in [5.41, 5.74) is 0.0105. The molecule has 61 heavy (non-hydrogen) atoms. The lowest BCUT2D eigenvalue weighted by atomic mass is 10.0. The predicted molar refractivity (Wildman–Crippen MR) is 242 cm³/mol. The van der Waals surface area contributed by atoms with Crippen LogP contribution in [0.15, 0.2) is 0 Å². The Balaban J connectivity index is 3.65. The van der Waals surface area contributed by atoms with Gasteiger partial charge in [0, 0.05) is 61.8 Å². The molecule has 0 aromatic carbocycles. The van der Waals surface area contributed by atoms with E-state index in [-0.39, 0.29) is 127 Å². The van der Waals surface area contributed by atoms with Crippen molar-refractivity contribution in [2.45, 2.75) is 147 Å². The Morgan fingerprint density at radius 2 is 0.902 bits per heavy atom.